The average Bonchev–Trinajstić information content (AvgIpc) is 3.18. The van der Waals surface area contributed by atoms with E-state index in [0.29, 0.717) is 13.1 Å². The Morgan fingerprint density at radius 2 is 1.45 bits per heavy atom. The zero-order chi connectivity index (χ0) is 22.8. The molecule has 6 nitrogen and oxygen atoms in total. The highest BCUT2D eigenvalue weighted by atomic mass is 16.2. The molecule has 1 amide bonds. The molecule has 166 valence electrons. The van der Waals surface area contributed by atoms with Gasteiger partial charge in [0.1, 0.15) is 0 Å². The fraction of sp³-hybridized carbons (Fsp3) is 0.222. The molecule has 6 heteroatoms. The lowest BCUT2D eigenvalue weighted by Crippen LogP contribution is -2.49. The summed E-state index contributed by atoms with van der Waals surface area (Å²) in [5.74, 6) is 0.906. The van der Waals surface area contributed by atoms with Crippen LogP contribution in [0.4, 0.5) is 5.69 Å². The minimum absolute atomic E-state index is 0.0897. The van der Waals surface area contributed by atoms with Crippen LogP contribution in [0.15, 0.2) is 79.0 Å². The quantitative estimate of drug-likeness (QED) is 0.471. The Morgan fingerprint density at radius 3 is 2.12 bits per heavy atom. The Bertz CT molecular complexity index is 1240. The SMILES string of the molecule is Cc1nn(-c2ccccn2)c(C)c1N1CCN(C(=O)c2ccc(-c3ccccc3)cc2)CC1. The number of anilines is 1. The van der Waals surface area contributed by atoms with Crippen LogP contribution in [0.5, 0.6) is 0 Å². The number of benzene rings is 2. The molecule has 2 aromatic heterocycles. The highest BCUT2D eigenvalue weighted by Crippen LogP contribution is 2.27. The van der Waals surface area contributed by atoms with Crippen molar-refractivity contribution in [3.63, 3.8) is 0 Å². The van der Waals surface area contributed by atoms with Crippen LogP contribution in [-0.4, -0.2) is 51.8 Å². The molecular formula is C27H27N5O. The lowest BCUT2D eigenvalue weighted by atomic mass is 10.0. The number of hydrogen-bond acceptors (Lipinski definition) is 4. The minimum atomic E-state index is 0.0897. The van der Waals surface area contributed by atoms with Gasteiger partial charge in [0.25, 0.3) is 5.91 Å². The van der Waals surface area contributed by atoms with Gasteiger partial charge in [0.15, 0.2) is 5.82 Å². The number of aromatic nitrogens is 3. The second-order valence-electron chi connectivity index (χ2n) is 8.34. The maximum atomic E-state index is 13.1. The fourth-order valence-corrected chi connectivity index (χ4v) is 4.55. The van der Waals surface area contributed by atoms with E-state index in [-0.39, 0.29) is 5.91 Å². The smallest absolute Gasteiger partial charge is 0.253 e. The number of hydrogen-bond donors (Lipinski definition) is 0. The lowest BCUT2D eigenvalue weighted by molar-refractivity contribution is 0.0747. The van der Waals surface area contributed by atoms with Gasteiger partial charge in [-0.15, -0.1) is 0 Å². The van der Waals surface area contributed by atoms with E-state index in [4.69, 9.17) is 5.10 Å². The van der Waals surface area contributed by atoms with Gasteiger partial charge in [0.2, 0.25) is 0 Å². The third-order valence-corrected chi connectivity index (χ3v) is 6.24. The summed E-state index contributed by atoms with van der Waals surface area (Å²) in [6.45, 7) is 7.05. The fourth-order valence-electron chi connectivity index (χ4n) is 4.55. The van der Waals surface area contributed by atoms with E-state index < -0.39 is 0 Å². The summed E-state index contributed by atoms with van der Waals surface area (Å²) < 4.78 is 1.90. The van der Waals surface area contributed by atoms with Crippen molar-refractivity contribution in [2.24, 2.45) is 0 Å². The Morgan fingerprint density at radius 1 is 0.788 bits per heavy atom. The molecule has 1 fully saturated rings. The van der Waals surface area contributed by atoms with Crippen molar-refractivity contribution in [3.05, 3.63) is 95.9 Å². The highest BCUT2D eigenvalue weighted by molar-refractivity contribution is 5.95. The summed E-state index contributed by atoms with van der Waals surface area (Å²) in [4.78, 5) is 21.8. The van der Waals surface area contributed by atoms with E-state index in [2.05, 4.69) is 28.9 Å². The molecule has 1 aliphatic rings. The van der Waals surface area contributed by atoms with Crippen molar-refractivity contribution in [1.29, 1.82) is 0 Å². The number of nitrogens with zero attached hydrogens (tertiary/aromatic N) is 5. The number of pyridine rings is 1. The standard InChI is InChI=1S/C27H27N5O/c1-20-26(21(2)32(29-20)25-10-6-7-15-28-25)30-16-18-31(19-17-30)27(33)24-13-11-23(12-14-24)22-8-4-3-5-9-22/h3-15H,16-19H2,1-2H3. The zero-order valence-corrected chi connectivity index (χ0v) is 19.0. The van der Waals surface area contributed by atoms with Crippen LogP contribution < -0.4 is 4.90 Å². The van der Waals surface area contributed by atoms with Gasteiger partial charge in [-0.3, -0.25) is 4.79 Å². The van der Waals surface area contributed by atoms with E-state index in [1.807, 2.05) is 77.2 Å². The van der Waals surface area contributed by atoms with Crippen LogP contribution in [0.25, 0.3) is 16.9 Å². The van der Waals surface area contributed by atoms with Crippen molar-refractivity contribution in [3.8, 4) is 16.9 Å². The van der Waals surface area contributed by atoms with Gasteiger partial charge in [0, 0.05) is 37.9 Å². The van der Waals surface area contributed by atoms with Crippen LogP contribution >= 0.6 is 0 Å². The Kier molecular flexibility index (Phi) is 5.65. The number of carbonyl (C=O) groups excluding carboxylic acids is 1. The van der Waals surface area contributed by atoms with Crippen molar-refractivity contribution >= 4 is 11.6 Å². The van der Waals surface area contributed by atoms with Gasteiger partial charge in [0.05, 0.1) is 17.1 Å². The van der Waals surface area contributed by atoms with E-state index in [1.165, 1.54) is 0 Å². The van der Waals surface area contributed by atoms with Crippen molar-refractivity contribution in [2.45, 2.75) is 13.8 Å². The molecule has 0 unspecified atom stereocenters. The molecule has 33 heavy (non-hydrogen) atoms. The number of aryl methyl sites for hydroxylation is 1. The Hall–Kier alpha value is -3.93. The number of carbonyl (C=O) groups is 1. The first kappa shape index (κ1) is 20.9. The number of rotatable bonds is 4. The molecule has 3 heterocycles. The third-order valence-electron chi connectivity index (χ3n) is 6.24. The average molecular weight is 438 g/mol. The largest absolute Gasteiger partial charge is 0.365 e. The second kappa shape index (κ2) is 8.90. The number of amides is 1. The first-order chi connectivity index (χ1) is 16.1. The van der Waals surface area contributed by atoms with E-state index in [1.54, 1.807) is 6.20 Å². The Balaban J connectivity index is 1.27. The van der Waals surface area contributed by atoms with Gasteiger partial charge in [-0.25, -0.2) is 9.67 Å². The van der Waals surface area contributed by atoms with Gasteiger partial charge in [-0.05, 0) is 49.2 Å². The zero-order valence-electron chi connectivity index (χ0n) is 19.0. The third kappa shape index (κ3) is 4.12. The molecule has 0 aliphatic carbocycles. The van der Waals surface area contributed by atoms with Gasteiger partial charge < -0.3 is 9.80 Å². The molecule has 1 aliphatic heterocycles. The molecule has 0 radical (unpaired) electrons. The summed E-state index contributed by atoms with van der Waals surface area (Å²) in [5, 5.41) is 4.72. The van der Waals surface area contributed by atoms with Crippen LogP contribution in [0.1, 0.15) is 21.7 Å². The maximum absolute atomic E-state index is 13.1. The molecule has 0 bridgehead atoms. The molecule has 1 saturated heterocycles. The molecule has 0 atom stereocenters. The normalized spacial score (nSPS) is 13.9. The molecule has 0 saturated carbocycles. The molecule has 2 aromatic carbocycles. The van der Waals surface area contributed by atoms with Crippen molar-refractivity contribution in [1.82, 2.24) is 19.7 Å². The predicted octanol–water partition coefficient (Wildman–Crippen LogP) is 4.51. The summed E-state index contributed by atoms with van der Waals surface area (Å²) in [6, 6.07) is 24.0. The van der Waals surface area contributed by atoms with E-state index >= 15 is 0 Å². The molecule has 0 spiro atoms. The van der Waals surface area contributed by atoms with E-state index in [0.717, 1.165) is 52.7 Å². The van der Waals surface area contributed by atoms with Gasteiger partial charge in [-0.1, -0.05) is 48.5 Å². The highest BCUT2D eigenvalue weighted by Gasteiger charge is 2.26. The minimum Gasteiger partial charge on any atom is -0.365 e. The maximum Gasteiger partial charge on any atom is 0.253 e. The van der Waals surface area contributed by atoms with Crippen LogP contribution in [0.3, 0.4) is 0 Å². The molecule has 4 aromatic rings. The first-order valence-corrected chi connectivity index (χ1v) is 11.3. The van der Waals surface area contributed by atoms with Crippen LogP contribution in [0, 0.1) is 13.8 Å². The molecule has 0 N–H and O–H groups in total. The lowest BCUT2D eigenvalue weighted by Gasteiger charge is -2.36. The summed E-state index contributed by atoms with van der Waals surface area (Å²) in [6.07, 6.45) is 1.78. The summed E-state index contributed by atoms with van der Waals surface area (Å²) in [7, 11) is 0. The predicted molar refractivity (Wildman–Crippen MR) is 131 cm³/mol. The van der Waals surface area contributed by atoms with Gasteiger partial charge in [-0.2, -0.15) is 5.10 Å². The van der Waals surface area contributed by atoms with Crippen LogP contribution in [-0.2, 0) is 0 Å². The second-order valence-corrected chi connectivity index (χ2v) is 8.34. The number of piperazine rings is 1. The van der Waals surface area contributed by atoms with Gasteiger partial charge >= 0.3 is 0 Å². The molecule has 5 rings (SSSR count). The molecular weight excluding hydrogens is 410 g/mol. The monoisotopic (exact) mass is 437 g/mol. The van der Waals surface area contributed by atoms with Crippen LogP contribution in [0.2, 0.25) is 0 Å². The van der Waals surface area contributed by atoms with Crippen molar-refractivity contribution < 1.29 is 4.79 Å². The Labute approximate surface area is 194 Å². The first-order valence-electron chi connectivity index (χ1n) is 11.3. The van der Waals surface area contributed by atoms with Crippen molar-refractivity contribution in [2.75, 3.05) is 31.1 Å². The van der Waals surface area contributed by atoms with E-state index in [9.17, 15) is 4.79 Å². The topological polar surface area (TPSA) is 54.3 Å². The summed E-state index contributed by atoms with van der Waals surface area (Å²) in [5.41, 5.74) is 6.20. The summed E-state index contributed by atoms with van der Waals surface area (Å²) >= 11 is 0.